The Kier molecular flexibility index (Phi) is 1.85. The molecular weight excluding hydrogens is 238 g/mol. The van der Waals surface area contributed by atoms with Gasteiger partial charge in [0.25, 0.3) is 0 Å². The number of benzene rings is 2. The van der Waals surface area contributed by atoms with Gasteiger partial charge in [-0.05, 0) is 18.2 Å². The topological polar surface area (TPSA) is 49.9 Å². The van der Waals surface area contributed by atoms with Crippen molar-refractivity contribution in [2.45, 2.75) is 0 Å². The van der Waals surface area contributed by atoms with Crippen LogP contribution in [0, 0.1) is 0 Å². The summed E-state index contributed by atoms with van der Waals surface area (Å²) in [6.07, 6.45) is 1.78. The normalized spacial score (nSPS) is 13.5. The number of rotatable bonds is 0. The molecule has 2 aromatic carbocycles. The molecule has 3 nitrogen and oxygen atoms in total. The number of aromatic nitrogens is 1. The highest BCUT2D eigenvalue weighted by Crippen LogP contribution is 2.31. The van der Waals surface area contributed by atoms with E-state index in [-0.39, 0.29) is 11.6 Å². The third kappa shape index (κ3) is 1.21. The molecule has 1 aliphatic rings. The number of fused-ring (bicyclic) bond motifs is 4. The number of nitrogens with one attached hydrogen (secondary N) is 1. The molecule has 1 aromatic heterocycles. The Hall–Kier alpha value is -2.68. The fourth-order valence-electron chi connectivity index (χ4n) is 2.73. The first-order valence-electron chi connectivity index (χ1n) is 6.06. The minimum atomic E-state index is -0.0756. The smallest absolute Gasteiger partial charge is 0.195 e. The zero-order chi connectivity index (χ0) is 13.0. The molecule has 90 valence electrons. The molecule has 0 saturated carbocycles. The van der Waals surface area contributed by atoms with Crippen LogP contribution in [0.5, 0.6) is 0 Å². The van der Waals surface area contributed by atoms with Crippen LogP contribution >= 0.6 is 0 Å². The van der Waals surface area contributed by atoms with Gasteiger partial charge in [0.1, 0.15) is 0 Å². The van der Waals surface area contributed by atoms with E-state index in [1.54, 1.807) is 36.5 Å². The lowest BCUT2D eigenvalue weighted by Crippen LogP contribution is -2.20. The molecule has 0 unspecified atom stereocenters. The summed E-state index contributed by atoms with van der Waals surface area (Å²) in [6, 6.07) is 12.4. The Labute approximate surface area is 108 Å². The standard InChI is InChI=1S/C16H9NO2/c18-15-9-3-1-2-4-10(9)16(19)14-11-7-8-17-13(11)6-5-12(14)15/h1-8,17H. The van der Waals surface area contributed by atoms with Crippen molar-refractivity contribution in [2.75, 3.05) is 0 Å². The summed E-state index contributed by atoms with van der Waals surface area (Å²) in [5.41, 5.74) is 2.88. The molecule has 19 heavy (non-hydrogen) atoms. The first-order valence-corrected chi connectivity index (χ1v) is 6.06. The molecule has 3 heteroatoms. The average molecular weight is 247 g/mol. The summed E-state index contributed by atoms with van der Waals surface area (Å²) in [5, 5.41) is 0.811. The van der Waals surface area contributed by atoms with E-state index in [0.717, 1.165) is 10.9 Å². The summed E-state index contributed by atoms with van der Waals surface area (Å²) < 4.78 is 0. The van der Waals surface area contributed by atoms with Gasteiger partial charge in [-0.3, -0.25) is 9.59 Å². The zero-order valence-corrected chi connectivity index (χ0v) is 9.94. The fourth-order valence-corrected chi connectivity index (χ4v) is 2.73. The lowest BCUT2D eigenvalue weighted by atomic mass is 9.83. The zero-order valence-electron chi connectivity index (χ0n) is 9.94. The molecule has 0 radical (unpaired) electrons. The second-order valence-electron chi connectivity index (χ2n) is 4.63. The summed E-state index contributed by atoms with van der Waals surface area (Å²) in [5.74, 6) is -0.149. The molecule has 1 aliphatic carbocycles. The average Bonchev–Trinajstić information content (AvgIpc) is 2.92. The van der Waals surface area contributed by atoms with Gasteiger partial charge in [0.2, 0.25) is 0 Å². The van der Waals surface area contributed by atoms with Crippen LogP contribution in [-0.4, -0.2) is 16.6 Å². The quantitative estimate of drug-likeness (QED) is 0.519. The lowest BCUT2D eigenvalue weighted by Gasteiger charge is -2.17. The maximum absolute atomic E-state index is 12.6. The van der Waals surface area contributed by atoms with E-state index >= 15 is 0 Å². The molecule has 0 spiro atoms. The maximum Gasteiger partial charge on any atom is 0.195 e. The van der Waals surface area contributed by atoms with E-state index in [1.165, 1.54) is 0 Å². The molecular formula is C16H9NO2. The van der Waals surface area contributed by atoms with Gasteiger partial charge >= 0.3 is 0 Å². The van der Waals surface area contributed by atoms with Crippen molar-refractivity contribution < 1.29 is 9.59 Å². The third-order valence-electron chi connectivity index (χ3n) is 3.62. The largest absolute Gasteiger partial charge is 0.361 e. The Morgan fingerprint density at radius 1 is 0.737 bits per heavy atom. The monoisotopic (exact) mass is 247 g/mol. The first kappa shape index (κ1) is 10.3. The number of carbonyl (C=O) groups excluding carboxylic acids is 2. The van der Waals surface area contributed by atoms with Crippen LogP contribution in [0.4, 0.5) is 0 Å². The van der Waals surface area contributed by atoms with Crippen LogP contribution in [-0.2, 0) is 0 Å². The van der Waals surface area contributed by atoms with E-state index in [2.05, 4.69) is 4.98 Å². The van der Waals surface area contributed by atoms with Crippen molar-refractivity contribution in [3.8, 4) is 0 Å². The highest BCUT2D eigenvalue weighted by Gasteiger charge is 2.30. The van der Waals surface area contributed by atoms with Gasteiger partial charge in [0, 0.05) is 39.4 Å². The Balaban J connectivity index is 2.14. The molecule has 0 bridgehead atoms. The van der Waals surface area contributed by atoms with Crippen LogP contribution in [0.3, 0.4) is 0 Å². The van der Waals surface area contributed by atoms with Crippen LogP contribution < -0.4 is 0 Å². The van der Waals surface area contributed by atoms with Crippen LogP contribution in [0.1, 0.15) is 31.8 Å². The molecule has 0 saturated heterocycles. The van der Waals surface area contributed by atoms with Crippen LogP contribution in [0.15, 0.2) is 48.7 Å². The van der Waals surface area contributed by atoms with Gasteiger partial charge in [0.05, 0.1) is 0 Å². The predicted octanol–water partition coefficient (Wildman–Crippen LogP) is 2.94. The van der Waals surface area contributed by atoms with Crippen molar-refractivity contribution in [3.05, 3.63) is 70.9 Å². The number of H-pyrrole nitrogens is 1. The van der Waals surface area contributed by atoms with Gasteiger partial charge in [-0.15, -0.1) is 0 Å². The van der Waals surface area contributed by atoms with Crippen molar-refractivity contribution in [1.29, 1.82) is 0 Å². The van der Waals surface area contributed by atoms with E-state index in [4.69, 9.17) is 0 Å². The molecule has 1 heterocycles. The van der Waals surface area contributed by atoms with Crippen molar-refractivity contribution in [3.63, 3.8) is 0 Å². The third-order valence-corrected chi connectivity index (χ3v) is 3.62. The number of hydrogen-bond acceptors (Lipinski definition) is 2. The fraction of sp³-hybridized carbons (Fsp3) is 0. The molecule has 0 aliphatic heterocycles. The van der Waals surface area contributed by atoms with Gasteiger partial charge in [-0.25, -0.2) is 0 Å². The molecule has 3 aromatic rings. The minimum absolute atomic E-state index is 0.0737. The van der Waals surface area contributed by atoms with E-state index < -0.39 is 0 Å². The number of carbonyl (C=O) groups is 2. The molecule has 4 rings (SSSR count). The van der Waals surface area contributed by atoms with E-state index in [1.807, 2.05) is 12.1 Å². The molecule has 0 amide bonds. The van der Waals surface area contributed by atoms with Gasteiger partial charge in [-0.1, -0.05) is 24.3 Å². The molecule has 0 fully saturated rings. The van der Waals surface area contributed by atoms with Gasteiger partial charge in [0.15, 0.2) is 11.6 Å². The highest BCUT2D eigenvalue weighted by atomic mass is 16.1. The number of aromatic amines is 1. The van der Waals surface area contributed by atoms with Crippen LogP contribution in [0.2, 0.25) is 0 Å². The Morgan fingerprint density at radius 2 is 1.47 bits per heavy atom. The van der Waals surface area contributed by atoms with E-state index in [0.29, 0.717) is 22.3 Å². The van der Waals surface area contributed by atoms with Gasteiger partial charge < -0.3 is 4.98 Å². The second-order valence-corrected chi connectivity index (χ2v) is 4.63. The van der Waals surface area contributed by atoms with Gasteiger partial charge in [-0.2, -0.15) is 0 Å². The number of ketones is 2. The van der Waals surface area contributed by atoms with E-state index in [9.17, 15) is 9.59 Å². The van der Waals surface area contributed by atoms with Crippen molar-refractivity contribution >= 4 is 22.5 Å². The molecule has 0 atom stereocenters. The first-order chi connectivity index (χ1) is 9.27. The SMILES string of the molecule is O=C1c2ccccc2C(=O)c2c1ccc1[nH]ccc21. The summed E-state index contributed by atoms with van der Waals surface area (Å²) in [6.45, 7) is 0. The maximum atomic E-state index is 12.6. The Morgan fingerprint density at radius 3 is 2.26 bits per heavy atom. The van der Waals surface area contributed by atoms with Crippen molar-refractivity contribution in [1.82, 2.24) is 4.98 Å². The highest BCUT2D eigenvalue weighted by molar-refractivity contribution is 6.31. The summed E-state index contributed by atoms with van der Waals surface area (Å²) >= 11 is 0. The van der Waals surface area contributed by atoms with Crippen molar-refractivity contribution in [2.24, 2.45) is 0 Å². The minimum Gasteiger partial charge on any atom is -0.361 e. The molecule has 1 N–H and O–H groups in total. The Bertz CT molecular complexity index is 858. The lowest BCUT2D eigenvalue weighted by molar-refractivity contribution is 0.0980. The summed E-state index contributed by atoms with van der Waals surface area (Å²) in [4.78, 5) is 28.1. The summed E-state index contributed by atoms with van der Waals surface area (Å²) in [7, 11) is 0. The predicted molar refractivity (Wildman–Crippen MR) is 71.6 cm³/mol. The number of hydrogen-bond donors (Lipinski definition) is 1. The second kappa shape index (κ2) is 3.42. The van der Waals surface area contributed by atoms with Crippen LogP contribution in [0.25, 0.3) is 10.9 Å².